The van der Waals surface area contributed by atoms with Crippen LogP contribution in [0.5, 0.6) is 0 Å². The zero-order valence-electron chi connectivity index (χ0n) is 10.3. The smallest absolute Gasteiger partial charge is 0.395 e. The van der Waals surface area contributed by atoms with Crippen LogP contribution in [0.2, 0.25) is 0 Å². The number of aliphatic hydroxyl groups is 1. The zero-order valence-corrected chi connectivity index (χ0v) is 11.1. The molecule has 2 N–H and O–H groups in total. The molecule has 0 fully saturated rings. The van der Waals surface area contributed by atoms with Crippen LogP contribution in [0.15, 0.2) is 18.2 Å². The van der Waals surface area contributed by atoms with Gasteiger partial charge in [0.05, 0.1) is 12.2 Å². The van der Waals surface area contributed by atoms with Gasteiger partial charge in [-0.15, -0.1) is 0 Å². The summed E-state index contributed by atoms with van der Waals surface area (Å²) in [7, 11) is -3.91. The van der Waals surface area contributed by atoms with Gasteiger partial charge in [-0.25, -0.2) is 8.42 Å². The molecule has 0 bridgehead atoms. The second kappa shape index (κ2) is 5.38. The van der Waals surface area contributed by atoms with Gasteiger partial charge in [-0.05, 0) is 31.5 Å². The van der Waals surface area contributed by atoms with Gasteiger partial charge in [-0.1, -0.05) is 6.07 Å². The van der Waals surface area contributed by atoms with Crippen molar-refractivity contribution in [3.63, 3.8) is 0 Å². The van der Waals surface area contributed by atoms with Crippen molar-refractivity contribution in [3.8, 4) is 0 Å². The van der Waals surface area contributed by atoms with Crippen LogP contribution in [0.4, 0.5) is 18.9 Å². The van der Waals surface area contributed by atoms with Crippen molar-refractivity contribution in [1.82, 2.24) is 0 Å². The van der Waals surface area contributed by atoms with Gasteiger partial charge in [0, 0.05) is 5.69 Å². The molecular weight excluding hydrogens is 283 g/mol. The normalized spacial score (nSPS) is 14.2. The van der Waals surface area contributed by atoms with Crippen LogP contribution < -0.4 is 4.72 Å². The second-order valence-electron chi connectivity index (χ2n) is 4.17. The van der Waals surface area contributed by atoms with E-state index in [1.54, 1.807) is 0 Å². The molecule has 1 aromatic rings. The van der Waals surface area contributed by atoms with Gasteiger partial charge in [-0.2, -0.15) is 13.2 Å². The van der Waals surface area contributed by atoms with Crippen LogP contribution in [0.3, 0.4) is 0 Å². The van der Waals surface area contributed by atoms with E-state index in [1.165, 1.54) is 26.0 Å². The van der Waals surface area contributed by atoms with Crippen molar-refractivity contribution in [1.29, 1.82) is 0 Å². The molecule has 1 aromatic carbocycles. The topological polar surface area (TPSA) is 66.4 Å². The molecule has 4 nitrogen and oxygen atoms in total. The lowest BCUT2D eigenvalue weighted by atomic mass is 10.1. The van der Waals surface area contributed by atoms with Gasteiger partial charge in [0.25, 0.3) is 0 Å². The largest absolute Gasteiger partial charge is 0.416 e. The van der Waals surface area contributed by atoms with Crippen LogP contribution in [0, 0.1) is 6.92 Å². The quantitative estimate of drug-likeness (QED) is 0.894. The lowest BCUT2D eigenvalue weighted by Crippen LogP contribution is -2.28. The van der Waals surface area contributed by atoms with Crippen molar-refractivity contribution >= 4 is 15.7 Å². The summed E-state index contributed by atoms with van der Waals surface area (Å²) in [5.74, 6) is 0. The van der Waals surface area contributed by atoms with Gasteiger partial charge in [0.1, 0.15) is 5.25 Å². The average Bonchev–Trinajstić information content (AvgIpc) is 2.28. The Morgan fingerprint density at radius 3 is 2.42 bits per heavy atom. The monoisotopic (exact) mass is 297 g/mol. The number of rotatable bonds is 4. The first-order valence-electron chi connectivity index (χ1n) is 5.38. The van der Waals surface area contributed by atoms with Crippen molar-refractivity contribution in [2.24, 2.45) is 0 Å². The first-order valence-corrected chi connectivity index (χ1v) is 6.93. The molecule has 1 atom stereocenters. The standard InChI is InChI=1S/C11H14F3NO3S/c1-7-3-4-9(5-10(7)11(12,13)14)15-19(17,18)8(2)6-16/h3-5,8,15-16H,6H2,1-2H3. The van der Waals surface area contributed by atoms with Crippen LogP contribution in [0.25, 0.3) is 0 Å². The second-order valence-corrected chi connectivity index (χ2v) is 6.27. The number of sulfonamides is 1. The van der Waals surface area contributed by atoms with Crippen LogP contribution >= 0.6 is 0 Å². The van der Waals surface area contributed by atoms with E-state index in [9.17, 15) is 21.6 Å². The highest BCUT2D eigenvalue weighted by atomic mass is 32.2. The third kappa shape index (κ3) is 3.84. The molecule has 108 valence electrons. The maximum Gasteiger partial charge on any atom is 0.416 e. The number of aliphatic hydroxyl groups excluding tert-OH is 1. The molecule has 1 rings (SSSR count). The maximum absolute atomic E-state index is 12.7. The summed E-state index contributed by atoms with van der Waals surface area (Å²) < 4.78 is 63.3. The summed E-state index contributed by atoms with van der Waals surface area (Å²) in [4.78, 5) is 0. The van der Waals surface area contributed by atoms with Gasteiger partial charge in [0.15, 0.2) is 0 Å². The fourth-order valence-electron chi connectivity index (χ4n) is 1.35. The van der Waals surface area contributed by atoms with Crippen LogP contribution in [-0.4, -0.2) is 25.4 Å². The lowest BCUT2D eigenvalue weighted by molar-refractivity contribution is -0.138. The molecule has 0 radical (unpaired) electrons. The van der Waals surface area contributed by atoms with Crippen molar-refractivity contribution in [2.45, 2.75) is 25.3 Å². The van der Waals surface area contributed by atoms with Gasteiger partial charge >= 0.3 is 6.18 Å². The molecule has 0 saturated heterocycles. The molecule has 1 unspecified atom stereocenters. The Morgan fingerprint density at radius 2 is 1.95 bits per heavy atom. The summed E-state index contributed by atoms with van der Waals surface area (Å²) >= 11 is 0. The Morgan fingerprint density at radius 1 is 1.37 bits per heavy atom. The SMILES string of the molecule is Cc1ccc(NS(=O)(=O)C(C)CO)cc1C(F)(F)F. The minimum atomic E-state index is -4.55. The number of nitrogens with one attached hydrogen (secondary N) is 1. The van der Waals surface area contributed by atoms with Crippen LogP contribution in [0.1, 0.15) is 18.1 Å². The molecular formula is C11H14F3NO3S. The third-order valence-corrected chi connectivity index (χ3v) is 4.32. The first kappa shape index (κ1) is 15.8. The van der Waals surface area contributed by atoms with Crippen LogP contribution in [-0.2, 0) is 16.2 Å². The molecule has 19 heavy (non-hydrogen) atoms. The molecule has 0 amide bonds. The predicted octanol–water partition coefficient (Wildman–Crippen LogP) is 2.14. The lowest BCUT2D eigenvalue weighted by Gasteiger charge is -2.15. The molecule has 0 saturated carbocycles. The highest BCUT2D eigenvalue weighted by Gasteiger charge is 2.33. The molecule has 0 heterocycles. The summed E-state index contributed by atoms with van der Waals surface area (Å²) in [6.45, 7) is 1.92. The number of anilines is 1. The fraction of sp³-hybridized carbons (Fsp3) is 0.455. The van der Waals surface area contributed by atoms with Crippen molar-refractivity contribution in [2.75, 3.05) is 11.3 Å². The van der Waals surface area contributed by atoms with E-state index < -0.39 is 33.6 Å². The highest BCUT2D eigenvalue weighted by molar-refractivity contribution is 7.93. The third-order valence-electron chi connectivity index (χ3n) is 2.59. The van der Waals surface area contributed by atoms with E-state index in [-0.39, 0.29) is 11.3 Å². The molecule has 8 heteroatoms. The Labute approximate surface area is 109 Å². The summed E-state index contributed by atoms with van der Waals surface area (Å²) in [5.41, 5.74) is -1.08. The predicted molar refractivity (Wildman–Crippen MR) is 65.3 cm³/mol. The van der Waals surface area contributed by atoms with Gasteiger partial charge in [-0.3, -0.25) is 4.72 Å². The van der Waals surface area contributed by atoms with Gasteiger partial charge in [0.2, 0.25) is 10.0 Å². The van der Waals surface area contributed by atoms with E-state index in [4.69, 9.17) is 5.11 Å². The highest BCUT2D eigenvalue weighted by Crippen LogP contribution is 2.33. The minimum absolute atomic E-state index is 0.00524. The van der Waals surface area contributed by atoms with Crippen molar-refractivity contribution in [3.05, 3.63) is 29.3 Å². The van der Waals surface area contributed by atoms with E-state index in [1.807, 2.05) is 4.72 Å². The number of halogens is 3. The Hall–Kier alpha value is -1.28. The summed E-state index contributed by atoms with van der Waals surface area (Å²) in [6, 6.07) is 3.16. The maximum atomic E-state index is 12.7. The summed E-state index contributed by atoms with van der Waals surface area (Å²) in [6.07, 6.45) is -4.55. The first-order chi connectivity index (χ1) is 8.58. The fourth-order valence-corrected chi connectivity index (χ4v) is 2.21. The van der Waals surface area contributed by atoms with Gasteiger partial charge < -0.3 is 5.11 Å². The average molecular weight is 297 g/mol. The molecule has 0 aliphatic rings. The summed E-state index contributed by atoms with van der Waals surface area (Å²) in [5, 5.41) is 7.67. The van der Waals surface area contributed by atoms with E-state index in [0.29, 0.717) is 0 Å². The number of benzene rings is 1. The Bertz CT molecular complexity index is 555. The number of aryl methyl sites for hydroxylation is 1. The number of hydrogen-bond acceptors (Lipinski definition) is 3. The molecule has 0 aliphatic heterocycles. The Balaban J connectivity index is 3.12. The van der Waals surface area contributed by atoms with E-state index in [2.05, 4.69) is 0 Å². The number of hydrogen-bond donors (Lipinski definition) is 2. The minimum Gasteiger partial charge on any atom is -0.395 e. The zero-order chi connectivity index (χ0) is 14.8. The van der Waals surface area contributed by atoms with E-state index >= 15 is 0 Å². The molecule has 0 aliphatic carbocycles. The Kier molecular flexibility index (Phi) is 4.46. The number of alkyl halides is 3. The molecule has 0 spiro atoms. The van der Waals surface area contributed by atoms with Crippen molar-refractivity contribution < 1.29 is 26.7 Å². The van der Waals surface area contributed by atoms with E-state index in [0.717, 1.165) is 6.07 Å². The molecule has 0 aromatic heterocycles.